The molecular weight excluding hydrogens is 340 g/mol. The Labute approximate surface area is 177 Å². The number of aryl methyl sites for hydroxylation is 2. The van der Waals surface area contributed by atoms with Crippen LogP contribution in [0, 0.1) is 0 Å². The highest BCUT2D eigenvalue weighted by Crippen LogP contribution is 2.13. The molecule has 2 heteroatoms. The average Bonchev–Trinajstić information content (AvgIpc) is 3.09. The Hall–Kier alpha value is -0.790. The lowest BCUT2D eigenvalue weighted by molar-refractivity contribution is -0.704. The summed E-state index contributed by atoms with van der Waals surface area (Å²) in [5.74, 6) is 1.57. The number of hydrogen-bond donors (Lipinski definition) is 0. The average molecular weight is 392 g/mol. The number of unbranched alkanes of at least 4 members (excludes halogenated alkanes) is 14. The predicted octanol–water partition coefficient (Wildman–Crippen LogP) is 8.01. The van der Waals surface area contributed by atoms with Crippen LogP contribution in [0.25, 0.3) is 0 Å². The molecule has 0 unspecified atom stereocenters. The van der Waals surface area contributed by atoms with Crippen LogP contribution in [-0.4, -0.2) is 4.57 Å². The first kappa shape index (κ1) is 25.2. The summed E-state index contributed by atoms with van der Waals surface area (Å²) in [5.41, 5.74) is 0. The molecule has 0 atom stereocenters. The van der Waals surface area contributed by atoms with Gasteiger partial charge in [0.2, 0.25) is 0 Å². The van der Waals surface area contributed by atoms with Crippen LogP contribution >= 0.6 is 0 Å². The zero-order chi connectivity index (χ0) is 20.3. The van der Waals surface area contributed by atoms with Crippen molar-refractivity contribution in [3.8, 4) is 0 Å². The van der Waals surface area contributed by atoms with E-state index in [0.29, 0.717) is 0 Å². The van der Waals surface area contributed by atoms with Gasteiger partial charge in [-0.05, 0) is 32.1 Å². The Morgan fingerprint density at radius 1 is 0.607 bits per heavy atom. The molecule has 0 aliphatic heterocycles. The molecule has 0 fully saturated rings. The maximum absolute atomic E-state index is 2.55. The Bertz CT molecular complexity index is 449. The minimum Gasteiger partial charge on any atom is -0.234 e. The highest BCUT2D eigenvalue weighted by atomic mass is 15.1. The van der Waals surface area contributed by atoms with Crippen molar-refractivity contribution in [1.82, 2.24) is 4.57 Å². The van der Waals surface area contributed by atoms with Crippen molar-refractivity contribution in [1.29, 1.82) is 0 Å². The summed E-state index contributed by atoms with van der Waals surface area (Å²) in [5, 5.41) is 0. The first-order valence-electron chi connectivity index (χ1n) is 12.9. The smallest absolute Gasteiger partial charge is 0.234 e. The Morgan fingerprint density at radius 3 is 1.68 bits per heavy atom. The summed E-state index contributed by atoms with van der Waals surface area (Å²) >= 11 is 0. The second-order valence-electron chi connectivity index (χ2n) is 8.80. The number of imidazole rings is 1. The molecule has 164 valence electrons. The van der Waals surface area contributed by atoms with Crippen LogP contribution in [0.3, 0.4) is 0 Å². The van der Waals surface area contributed by atoms with Gasteiger partial charge in [-0.2, -0.15) is 0 Å². The molecule has 0 aromatic carbocycles. The molecule has 0 saturated heterocycles. The summed E-state index contributed by atoms with van der Waals surface area (Å²) < 4.78 is 5.09. The molecule has 28 heavy (non-hydrogen) atoms. The van der Waals surface area contributed by atoms with E-state index in [0.717, 1.165) is 0 Å². The summed E-state index contributed by atoms with van der Waals surface area (Å²) in [6, 6.07) is 0. The van der Waals surface area contributed by atoms with E-state index in [4.69, 9.17) is 0 Å². The van der Waals surface area contributed by atoms with Gasteiger partial charge in [0.05, 0.1) is 13.1 Å². The second kappa shape index (κ2) is 18.3. The fraction of sp³-hybridized carbons (Fsp3) is 0.885. The van der Waals surface area contributed by atoms with Gasteiger partial charge in [-0.15, -0.1) is 0 Å². The predicted molar refractivity (Wildman–Crippen MR) is 124 cm³/mol. The molecule has 1 aromatic rings. The minimum absolute atomic E-state index is 1.21. The molecule has 0 aliphatic carbocycles. The third-order valence-electron chi connectivity index (χ3n) is 6.10. The minimum atomic E-state index is 1.21. The zero-order valence-electron chi connectivity index (χ0n) is 19.7. The van der Waals surface area contributed by atoms with E-state index in [9.17, 15) is 0 Å². The summed E-state index contributed by atoms with van der Waals surface area (Å²) in [6.07, 6.45) is 29.7. The van der Waals surface area contributed by atoms with Crippen molar-refractivity contribution >= 4 is 0 Å². The van der Waals surface area contributed by atoms with Crippen LogP contribution in [0.15, 0.2) is 12.4 Å². The molecule has 1 aromatic heterocycles. The maximum atomic E-state index is 2.55. The monoisotopic (exact) mass is 391 g/mol. The lowest BCUT2D eigenvalue weighted by Gasteiger charge is -2.06. The molecular formula is C26H51N2+. The first-order valence-corrected chi connectivity index (χ1v) is 12.9. The van der Waals surface area contributed by atoms with Crippen LogP contribution in [0.5, 0.6) is 0 Å². The molecule has 0 aliphatic rings. The molecule has 0 radical (unpaired) electrons. The van der Waals surface area contributed by atoms with E-state index in [1.165, 1.54) is 129 Å². The van der Waals surface area contributed by atoms with Crippen LogP contribution < -0.4 is 4.57 Å². The van der Waals surface area contributed by atoms with E-state index in [1.54, 1.807) is 5.82 Å². The van der Waals surface area contributed by atoms with Crippen LogP contribution in [0.1, 0.15) is 136 Å². The van der Waals surface area contributed by atoms with Gasteiger partial charge in [0, 0.05) is 6.42 Å². The van der Waals surface area contributed by atoms with Gasteiger partial charge < -0.3 is 0 Å². The molecule has 0 bridgehead atoms. The quantitative estimate of drug-likeness (QED) is 0.157. The van der Waals surface area contributed by atoms with Gasteiger partial charge in [-0.3, -0.25) is 0 Å². The first-order chi connectivity index (χ1) is 13.8. The van der Waals surface area contributed by atoms with E-state index < -0.39 is 0 Å². The fourth-order valence-electron chi connectivity index (χ4n) is 4.18. The number of nitrogens with zero attached hydrogens (tertiary/aromatic N) is 2. The summed E-state index contributed by atoms with van der Waals surface area (Å²) in [7, 11) is 0. The van der Waals surface area contributed by atoms with Gasteiger partial charge in [0.15, 0.2) is 0 Å². The molecule has 0 N–H and O–H groups in total. The lowest BCUT2D eigenvalue weighted by Crippen LogP contribution is -2.37. The normalized spacial score (nSPS) is 11.4. The van der Waals surface area contributed by atoms with Crippen molar-refractivity contribution in [2.45, 2.75) is 149 Å². The van der Waals surface area contributed by atoms with E-state index >= 15 is 0 Å². The molecule has 1 heterocycles. The molecule has 0 spiro atoms. The maximum Gasteiger partial charge on any atom is 0.256 e. The second-order valence-corrected chi connectivity index (χ2v) is 8.80. The van der Waals surface area contributed by atoms with Gasteiger partial charge in [-0.1, -0.05) is 97.8 Å². The topological polar surface area (TPSA) is 8.81 Å². The van der Waals surface area contributed by atoms with Crippen molar-refractivity contribution in [2.75, 3.05) is 0 Å². The SMILES string of the molecule is CCCCCCCCCCCCCCn1cc[n+](CCCCC)c1CCCC. The molecule has 2 nitrogen and oxygen atoms in total. The van der Waals surface area contributed by atoms with Gasteiger partial charge >= 0.3 is 0 Å². The fourth-order valence-corrected chi connectivity index (χ4v) is 4.18. The highest BCUT2D eigenvalue weighted by molar-refractivity contribution is 4.84. The number of aromatic nitrogens is 2. The zero-order valence-corrected chi connectivity index (χ0v) is 19.7. The van der Waals surface area contributed by atoms with E-state index in [1.807, 2.05) is 0 Å². The Morgan fingerprint density at radius 2 is 1.11 bits per heavy atom. The van der Waals surface area contributed by atoms with Crippen molar-refractivity contribution in [3.63, 3.8) is 0 Å². The summed E-state index contributed by atoms with van der Waals surface area (Å²) in [6.45, 7) is 9.32. The van der Waals surface area contributed by atoms with Gasteiger partial charge in [0.1, 0.15) is 12.4 Å². The number of hydrogen-bond acceptors (Lipinski definition) is 0. The van der Waals surface area contributed by atoms with E-state index in [-0.39, 0.29) is 0 Å². The molecule has 1 rings (SSSR count). The lowest BCUT2D eigenvalue weighted by atomic mass is 10.1. The van der Waals surface area contributed by atoms with E-state index in [2.05, 4.69) is 42.3 Å². The highest BCUT2D eigenvalue weighted by Gasteiger charge is 2.15. The number of rotatable bonds is 20. The largest absolute Gasteiger partial charge is 0.256 e. The van der Waals surface area contributed by atoms with Crippen LogP contribution in [0.2, 0.25) is 0 Å². The third-order valence-corrected chi connectivity index (χ3v) is 6.10. The van der Waals surface area contributed by atoms with Crippen molar-refractivity contribution in [3.05, 3.63) is 18.2 Å². The Kier molecular flexibility index (Phi) is 16.5. The Balaban J connectivity index is 2.15. The summed E-state index contributed by atoms with van der Waals surface area (Å²) in [4.78, 5) is 0. The van der Waals surface area contributed by atoms with Crippen LogP contribution in [-0.2, 0) is 19.5 Å². The van der Waals surface area contributed by atoms with Gasteiger partial charge in [0.25, 0.3) is 5.82 Å². The standard InChI is InChI=1S/C26H51N2/c1-4-7-10-11-12-13-14-15-16-17-18-20-23-28-25-24-27(22-19-8-5-2)26(28)21-9-6-3/h24-25H,4-23H2,1-3H3/q+1. The molecule has 0 saturated carbocycles. The van der Waals surface area contributed by atoms with Crippen molar-refractivity contribution in [2.24, 2.45) is 0 Å². The van der Waals surface area contributed by atoms with Crippen LogP contribution in [0.4, 0.5) is 0 Å². The third kappa shape index (κ3) is 11.9. The molecule has 0 amide bonds. The van der Waals surface area contributed by atoms with Gasteiger partial charge in [-0.25, -0.2) is 9.13 Å². The van der Waals surface area contributed by atoms with Crippen molar-refractivity contribution < 1.29 is 4.57 Å².